The predicted molar refractivity (Wildman–Crippen MR) is 121 cm³/mol. The van der Waals surface area contributed by atoms with Crippen LogP contribution in [0.2, 0.25) is 0 Å². The second kappa shape index (κ2) is 10.5. The Morgan fingerprint density at radius 1 is 0.967 bits per heavy atom. The highest BCUT2D eigenvalue weighted by molar-refractivity contribution is 5.92. The third-order valence-corrected chi connectivity index (χ3v) is 4.46. The molecule has 0 aliphatic heterocycles. The Balaban J connectivity index is 1.71. The molecule has 3 aromatic carbocycles. The Hall–Kier alpha value is -3.97. The number of anilines is 1. The molecule has 0 aliphatic carbocycles. The van der Waals surface area contributed by atoms with Crippen molar-refractivity contribution in [2.24, 2.45) is 0 Å². The quantitative estimate of drug-likeness (QED) is 0.382. The van der Waals surface area contributed by atoms with Gasteiger partial charge in [0, 0.05) is 0 Å². The Bertz CT molecular complexity index is 1030. The van der Waals surface area contributed by atoms with Crippen molar-refractivity contribution in [1.29, 1.82) is 0 Å². The molecule has 0 fully saturated rings. The van der Waals surface area contributed by atoms with Gasteiger partial charge in [0.05, 0.1) is 19.3 Å². The van der Waals surface area contributed by atoms with Gasteiger partial charge in [-0.05, 0) is 34.9 Å². The average molecular weight is 397 g/mol. The maximum Gasteiger partial charge on any atom is 0.414 e. The molecule has 0 N–H and O–H groups in total. The number of hydrogen-bond donors (Lipinski definition) is 0. The fourth-order valence-corrected chi connectivity index (χ4v) is 2.93. The summed E-state index contributed by atoms with van der Waals surface area (Å²) < 4.78 is 10.7. The lowest BCUT2D eigenvalue weighted by Gasteiger charge is -2.20. The molecule has 0 aliphatic rings. The zero-order valence-electron chi connectivity index (χ0n) is 16.8. The van der Waals surface area contributed by atoms with Gasteiger partial charge < -0.3 is 9.47 Å². The van der Waals surface area contributed by atoms with Gasteiger partial charge in [-0.1, -0.05) is 78.7 Å². The van der Waals surface area contributed by atoms with Gasteiger partial charge in [0.2, 0.25) is 0 Å². The van der Waals surface area contributed by atoms with Crippen LogP contribution in [0.5, 0.6) is 5.75 Å². The standard InChI is InChI=1S/C26H23NO3/c1-3-19-27(26(28)29-2)25-12-8-7-11-23(25)16-13-21-14-17-24(18-15-21)30-20-22-9-5-4-6-10-22/h1,4-18H,19-20H2,2H3. The summed E-state index contributed by atoms with van der Waals surface area (Å²) in [5.74, 6) is 3.31. The van der Waals surface area contributed by atoms with Crippen LogP contribution in [0.15, 0.2) is 78.9 Å². The number of ether oxygens (including phenoxy) is 2. The number of terminal acetylenes is 1. The van der Waals surface area contributed by atoms with Crippen molar-refractivity contribution in [3.05, 3.63) is 95.6 Å². The lowest BCUT2D eigenvalue weighted by atomic mass is 10.1. The summed E-state index contributed by atoms with van der Waals surface area (Å²) >= 11 is 0. The van der Waals surface area contributed by atoms with E-state index < -0.39 is 6.09 Å². The highest BCUT2D eigenvalue weighted by atomic mass is 16.5. The first-order valence-electron chi connectivity index (χ1n) is 9.54. The van der Waals surface area contributed by atoms with E-state index in [0.29, 0.717) is 12.3 Å². The van der Waals surface area contributed by atoms with Gasteiger partial charge in [-0.15, -0.1) is 6.42 Å². The van der Waals surface area contributed by atoms with Crippen molar-refractivity contribution >= 4 is 23.9 Å². The van der Waals surface area contributed by atoms with E-state index in [1.807, 2.05) is 91.0 Å². The van der Waals surface area contributed by atoms with Gasteiger partial charge in [0.25, 0.3) is 0 Å². The highest BCUT2D eigenvalue weighted by Crippen LogP contribution is 2.24. The Morgan fingerprint density at radius 2 is 1.67 bits per heavy atom. The summed E-state index contributed by atoms with van der Waals surface area (Å²) in [6.07, 6.45) is 8.85. The maximum absolute atomic E-state index is 12.1. The molecule has 0 saturated carbocycles. The molecule has 3 aromatic rings. The molecule has 0 saturated heterocycles. The van der Waals surface area contributed by atoms with Crippen LogP contribution in [-0.2, 0) is 11.3 Å². The van der Waals surface area contributed by atoms with Crippen LogP contribution in [0, 0.1) is 12.3 Å². The molecule has 1 amide bonds. The number of hydrogen-bond acceptors (Lipinski definition) is 3. The van der Waals surface area contributed by atoms with Gasteiger partial charge in [0.1, 0.15) is 12.4 Å². The van der Waals surface area contributed by atoms with Crippen LogP contribution < -0.4 is 9.64 Å². The molecule has 0 unspecified atom stereocenters. The molecule has 0 heterocycles. The van der Waals surface area contributed by atoms with Gasteiger partial charge >= 0.3 is 6.09 Å². The molecule has 3 rings (SSSR count). The second-order valence-electron chi connectivity index (χ2n) is 6.50. The summed E-state index contributed by atoms with van der Waals surface area (Å²) in [6.45, 7) is 0.660. The van der Waals surface area contributed by atoms with Crippen molar-refractivity contribution < 1.29 is 14.3 Å². The molecule has 30 heavy (non-hydrogen) atoms. The molecule has 0 aromatic heterocycles. The van der Waals surface area contributed by atoms with Crippen LogP contribution in [0.25, 0.3) is 12.2 Å². The van der Waals surface area contributed by atoms with E-state index >= 15 is 0 Å². The Morgan fingerprint density at radius 3 is 2.37 bits per heavy atom. The fourth-order valence-electron chi connectivity index (χ4n) is 2.93. The van der Waals surface area contributed by atoms with E-state index in [-0.39, 0.29) is 6.54 Å². The van der Waals surface area contributed by atoms with Crippen LogP contribution >= 0.6 is 0 Å². The van der Waals surface area contributed by atoms with Crippen molar-refractivity contribution in [1.82, 2.24) is 0 Å². The molecule has 0 spiro atoms. The van der Waals surface area contributed by atoms with E-state index in [2.05, 4.69) is 5.92 Å². The van der Waals surface area contributed by atoms with Crippen LogP contribution in [-0.4, -0.2) is 19.7 Å². The largest absolute Gasteiger partial charge is 0.489 e. The average Bonchev–Trinajstić information content (AvgIpc) is 2.81. The zero-order valence-corrected chi connectivity index (χ0v) is 16.8. The first-order chi connectivity index (χ1) is 14.7. The van der Waals surface area contributed by atoms with Crippen LogP contribution in [0.3, 0.4) is 0 Å². The summed E-state index contributed by atoms with van der Waals surface area (Å²) in [7, 11) is 1.34. The summed E-state index contributed by atoms with van der Waals surface area (Å²) in [6, 6.07) is 25.4. The van der Waals surface area contributed by atoms with E-state index in [4.69, 9.17) is 15.9 Å². The normalized spacial score (nSPS) is 10.4. The SMILES string of the molecule is C#CCN(C(=O)OC)c1ccccc1C=Cc1ccc(OCc2ccccc2)cc1. The number of nitrogens with zero attached hydrogens (tertiary/aromatic N) is 1. The third-order valence-electron chi connectivity index (χ3n) is 4.46. The topological polar surface area (TPSA) is 38.8 Å². The lowest BCUT2D eigenvalue weighted by molar-refractivity contribution is 0.179. The van der Waals surface area contributed by atoms with Crippen molar-refractivity contribution in [3.63, 3.8) is 0 Å². The summed E-state index contributed by atoms with van der Waals surface area (Å²) in [5, 5.41) is 0. The van der Waals surface area contributed by atoms with Crippen molar-refractivity contribution in [3.8, 4) is 18.1 Å². The highest BCUT2D eigenvalue weighted by Gasteiger charge is 2.17. The number of para-hydroxylation sites is 1. The lowest BCUT2D eigenvalue weighted by Crippen LogP contribution is -2.31. The number of benzene rings is 3. The number of methoxy groups -OCH3 is 1. The minimum Gasteiger partial charge on any atom is -0.489 e. The first-order valence-corrected chi connectivity index (χ1v) is 9.54. The van der Waals surface area contributed by atoms with Gasteiger partial charge in [-0.3, -0.25) is 4.90 Å². The molecule has 150 valence electrons. The number of amides is 1. The molecular weight excluding hydrogens is 374 g/mol. The van der Waals surface area contributed by atoms with Crippen LogP contribution in [0.4, 0.5) is 10.5 Å². The smallest absolute Gasteiger partial charge is 0.414 e. The van der Waals surface area contributed by atoms with Crippen molar-refractivity contribution in [2.45, 2.75) is 6.61 Å². The fraction of sp³-hybridized carbons (Fsp3) is 0.115. The molecule has 4 heteroatoms. The number of carbonyl (C=O) groups is 1. The van der Waals surface area contributed by atoms with E-state index in [1.165, 1.54) is 12.0 Å². The number of carbonyl (C=O) groups excluding carboxylic acids is 1. The monoisotopic (exact) mass is 397 g/mol. The van der Waals surface area contributed by atoms with Crippen molar-refractivity contribution in [2.75, 3.05) is 18.6 Å². The van der Waals surface area contributed by atoms with Gasteiger partial charge in [-0.2, -0.15) is 0 Å². The first kappa shape index (κ1) is 20.8. The van der Waals surface area contributed by atoms with Crippen LogP contribution in [0.1, 0.15) is 16.7 Å². The molecular formula is C26H23NO3. The van der Waals surface area contributed by atoms with E-state index in [9.17, 15) is 4.79 Å². The number of rotatable bonds is 7. The predicted octanol–water partition coefficient (Wildman–Crippen LogP) is 5.64. The minimum absolute atomic E-state index is 0.130. The minimum atomic E-state index is -0.492. The van der Waals surface area contributed by atoms with Gasteiger partial charge in [0.15, 0.2) is 0 Å². The maximum atomic E-state index is 12.1. The molecule has 0 bridgehead atoms. The second-order valence-corrected chi connectivity index (χ2v) is 6.50. The zero-order chi connectivity index (χ0) is 21.2. The Kier molecular flexibility index (Phi) is 7.29. The third kappa shape index (κ3) is 5.52. The summed E-state index contributed by atoms with van der Waals surface area (Å²) in [5.41, 5.74) is 3.70. The molecule has 0 atom stereocenters. The van der Waals surface area contributed by atoms with Gasteiger partial charge in [-0.25, -0.2) is 4.79 Å². The van der Waals surface area contributed by atoms with E-state index in [1.54, 1.807) is 0 Å². The molecule has 0 radical (unpaired) electrons. The summed E-state index contributed by atoms with van der Waals surface area (Å²) in [4.78, 5) is 13.5. The van der Waals surface area contributed by atoms with E-state index in [0.717, 1.165) is 22.4 Å². The Labute approximate surface area is 177 Å². The molecule has 4 nitrogen and oxygen atoms in total.